The summed E-state index contributed by atoms with van der Waals surface area (Å²) in [5, 5.41) is 2.89. The molecule has 0 spiro atoms. The van der Waals surface area contributed by atoms with Crippen molar-refractivity contribution >= 4 is 17.1 Å². The molecule has 1 fully saturated rings. The molecule has 4 rings (SSSR count). The molecule has 1 aromatic carbocycles. The number of hydrogen-bond donors (Lipinski definition) is 1. The van der Waals surface area contributed by atoms with E-state index < -0.39 is 0 Å². The van der Waals surface area contributed by atoms with Crippen molar-refractivity contribution in [2.45, 2.75) is 45.1 Å². The topological polar surface area (TPSA) is 86.1 Å². The minimum absolute atomic E-state index is 0.119. The van der Waals surface area contributed by atoms with Crippen molar-refractivity contribution < 1.29 is 9.53 Å². The number of fused-ring (bicyclic) bond motifs is 1. The van der Waals surface area contributed by atoms with Crippen LogP contribution in [0.3, 0.4) is 0 Å². The van der Waals surface area contributed by atoms with E-state index in [-0.39, 0.29) is 17.5 Å². The first kappa shape index (κ1) is 21.2. The lowest BCUT2D eigenvalue weighted by molar-refractivity contribution is 0.0944. The van der Waals surface area contributed by atoms with Gasteiger partial charge in [-0.3, -0.25) is 14.2 Å². The average Bonchev–Trinajstić information content (AvgIpc) is 3.33. The summed E-state index contributed by atoms with van der Waals surface area (Å²) in [7, 11) is 0. The molecule has 2 heterocycles. The number of hydrogen-bond acceptors (Lipinski definition) is 5. The van der Waals surface area contributed by atoms with Crippen LogP contribution in [0, 0.1) is 0 Å². The predicted octanol–water partition coefficient (Wildman–Crippen LogP) is 3.73. The summed E-state index contributed by atoms with van der Waals surface area (Å²) in [5.74, 6) is -0.137. The van der Waals surface area contributed by atoms with Gasteiger partial charge in [-0.25, -0.2) is 9.97 Å². The van der Waals surface area contributed by atoms with E-state index in [2.05, 4.69) is 15.3 Å². The lowest BCUT2D eigenvalue weighted by Crippen LogP contribution is -2.27. The summed E-state index contributed by atoms with van der Waals surface area (Å²) in [4.78, 5) is 34.8. The molecule has 0 radical (unpaired) electrons. The molecule has 31 heavy (non-hydrogen) atoms. The van der Waals surface area contributed by atoms with Gasteiger partial charge in [0.25, 0.3) is 11.5 Å². The van der Waals surface area contributed by atoms with Gasteiger partial charge in [-0.2, -0.15) is 0 Å². The zero-order valence-corrected chi connectivity index (χ0v) is 17.8. The summed E-state index contributed by atoms with van der Waals surface area (Å²) in [6, 6.07) is 10.9. The van der Waals surface area contributed by atoms with Gasteiger partial charge in [0.2, 0.25) is 0 Å². The fourth-order valence-corrected chi connectivity index (χ4v) is 4.13. The first-order valence-electron chi connectivity index (χ1n) is 11.0. The number of carbonyl (C=O) groups excluding carboxylic acids is 1. The van der Waals surface area contributed by atoms with Gasteiger partial charge in [0.1, 0.15) is 11.2 Å². The lowest BCUT2D eigenvalue weighted by Gasteiger charge is -2.17. The number of ether oxygens (including phenoxy) is 1. The van der Waals surface area contributed by atoms with Gasteiger partial charge >= 0.3 is 0 Å². The lowest BCUT2D eigenvalue weighted by atomic mass is 10.1. The van der Waals surface area contributed by atoms with Crippen molar-refractivity contribution in [3.8, 4) is 11.3 Å². The SMILES string of the molecule is CCOCCCNC(=O)c1ccc(-c2nc3cccnc3n(C3CCCC3)c2=O)cc1. The third kappa shape index (κ3) is 4.66. The Labute approximate surface area is 181 Å². The molecule has 7 heteroatoms. The van der Waals surface area contributed by atoms with Crippen LogP contribution in [-0.4, -0.2) is 40.2 Å². The number of aromatic nitrogens is 3. The van der Waals surface area contributed by atoms with Crippen LogP contribution in [0.25, 0.3) is 22.4 Å². The fourth-order valence-electron chi connectivity index (χ4n) is 4.13. The molecular weight excluding hydrogens is 392 g/mol. The summed E-state index contributed by atoms with van der Waals surface area (Å²) < 4.78 is 7.10. The first-order chi connectivity index (χ1) is 15.2. The third-order valence-corrected chi connectivity index (χ3v) is 5.71. The number of amides is 1. The van der Waals surface area contributed by atoms with E-state index in [1.807, 2.05) is 23.6 Å². The minimum atomic E-state index is -0.137. The number of pyridine rings is 1. The molecule has 2 aromatic heterocycles. The zero-order valence-electron chi connectivity index (χ0n) is 17.8. The highest BCUT2D eigenvalue weighted by atomic mass is 16.5. The standard InChI is InChI=1S/C24H28N4O3/c1-2-31-16-6-15-26-23(29)18-12-10-17(11-13-18)21-24(30)28(19-7-3-4-8-19)22-20(27-21)9-5-14-25-22/h5,9-14,19H,2-4,6-8,15-16H2,1H3,(H,26,29). The van der Waals surface area contributed by atoms with Crippen LogP contribution < -0.4 is 10.9 Å². The second kappa shape index (κ2) is 9.83. The molecule has 1 N–H and O–H groups in total. The highest BCUT2D eigenvalue weighted by Gasteiger charge is 2.23. The van der Waals surface area contributed by atoms with Gasteiger partial charge in [-0.15, -0.1) is 0 Å². The summed E-state index contributed by atoms with van der Waals surface area (Å²) in [6.45, 7) is 3.82. The predicted molar refractivity (Wildman–Crippen MR) is 120 cm³/mol. The Kier molecular flexibility index (Phi) is 6.72. The van der Waals surface area contributed by atoms with Gasteiger partial charge in [0.15, 0.2) is 5.65 Å². The molecule has 1 saturated carbocycles. The number of nitrogens with one attached hydrogen (secondary N) is 1. The van der Waals surface area contributed by atoms with Crippen molar-refractivity contribution in [1.29, 1.82) is 0 Å². The maximum absolute atomic E-state index is 13.4. The van der Waals surface area contributed by atoms with Crippen LogP contribution in [0.5, 0.6) is 0 Å². The summed E-state index contributed by atoms with van der Waals surface area (Å²) >= 11 is 0. The van der Waals surface area contributed by atoms with E-state index in [4.69, 9.17) is 4.74 Å². The van der Waals surface area contributed by atoms with Gasteiger partial charge < -0.3 is 10.1 Å². The van der Waals surface area contributed by atoms with Crippen molar-refractivity contribution in [3.05, 3.63) is 58.5 Å². The van der Waals surface area contributed by atoms with Crippen LogP contribution in [0.4, 0.5) is 0 Å². The first-order valence-corrected chi connectivity index (χ1v) is 11.0. The summed E-state index contributed by atoms with van der Waals surface area (Å²) in [5.41, 5.74) is 2.89. The molecule has 0 unspecified atom stereocenters. The Bertz CT molecular complexity index is 1100. The highest BCUT2D eigenvalue weighted by molar-refractivity contribution is 5.94. The zero-order chi connectivity index (χ0) is 21.6. The second-order valence-electron chi connectivity index (χ2n) is 7.80. The fraction of sp³-hybridized carbons (Fsp3) is 0.417. The molecular formula is C24H28N4O3. The van der Waals surface area contributed by atoms with E-state index in [9.17, 15) is 9.59 Å². The maximum Gasteiger partial charge on any atom is 0.278 e. The molecule has 3 aromatic rings. The van der Waals surface area contributed by atoms with Crippen molar-refractivity contribution in [1.82, 2.24) is 19.9 Å². The minimum Gasteiger partial charge on any atom is -0.382 e. The Morgan fingerprint density at radius 3 is 2.71 bits per heavy atom. The number of benzene rings is 1. The Morgan fingerprint density at radius 2 is 1.97 bits per heavy atom. The number of nitrogens with zero attached hydrogens (tertiary/aromatic N) is 3. The van der Waals surface area contributed by atoms with E-state index in [1.54, 1.807) is 30.5 Å². The second-order valence-corrected chi connectivity index (χ2v) is 7.80. The molecule has 0 aliphatic heterocycles. The van der Waals surface area contributed by atoms with Crippen LogP contribution in [-0.2, 0) is 4.74 Å². The van der Waals surface area contributed by atoms with Crippen LogP contribution >= 0.6 is 0 Å². The summed E-state index contributed by atoms with van der Waals surface area (Å²) in [6.07, 6.45) is 6.69. The average molecular weight is 421 g/mol. The number of rotatable bonds is 8. The number of carbonyl (C=O) groups is 1. The van der Waals surface area contributed by atoms with Crippen LogP contribution in [0.15, 0.2) is 47.4 Å². The van der Waals surface area contributed by atoms with Crippen LogP contribution in [0.2, 0.25) is 0 Å². The van der Waals surface area contributed by atoms with Crippen molar-refractivity contribution in [3.63, 3.8) is 0 Å². The molecule has 1 aliphatic rings. The molecule has 162 valence electrons. The quantitative estimate of drug-likeness (QED) is 0.561. The third-order valence-electron chi connectivity index (χ3n) is 5.71. The van der Waals surface area contributed by atoms with E-state index in [0.29, 0.717) is 47.7 Å². The van der Waals surface area contributed by atoms with Gasteiger partial charge in [-0.1, -0.05) is 25.0 Å². The Balaban J connectivity index is 1.59. The van der Waals surface area contributed by atoms with Gasteiger partial charge in [-0.05, 0) is 50.5 Å². The Hall–Kier alpha value is -3.06. The highest BCUT2D eigenvalue weighted by Crippen LogP contribution is 2.30. The molecule has 1 aliphatic carbocycles. The van der Waals surface area contributed by atoms with Crippen molar-refractivity contribution in [2.75, 3.05) is 19.8 Å². The van der Waals surface area contributed by atoms with Crippen LogP contribution in [0.1, 0.15) is 55.4 Å². The monoisotopic (exact) mass is 420 g/mol. The molecule has 1 amide bonds. The van der Waals surface area contributed by atoms with E-state index in [1.165, 1.54) is 0 Å². The van der Waals surface area contributed by atoms with Gasteiger partial charge in [0, 0.05) is 43.1 Å². The molecule has 0 atom stereocenters. The molecule has 0 bridgehead atoms. The van der Waals surface area contributed by atoms with E-state index in [0.717, 1.165) is 32.1 Å². The van der Waals surface area contributed by atoms with E-state index >= 15 is 0 Å². The smallest absolute Gasteiger partial charge is 0.278 e. The molecule has 7 nitrogen and oxygen atoms in total. The molecule has 0 saturated heterocycles. The Morgan fingerprint density at radius 1 is 1.19 bits per heavy atom. The maximum atomic E-state index is 13.4. The van der Waals surface area contributed by atoms with Crippen molar-refractivity contribution in [2.24, 2.45) is 0 Å². The largest absolute Gasteiger partial charge is 0.382 e. The normalized spacial score (nSPS) is 14.2. The van der Waals surface area contributed by atoms with Gasteiger partial charge in [0.05, 0.1) is 0 Å².